The number of fused-ring (bicyclic) bond motifs is 2. The number of nitrogens with zero attached hydrogens (tertiary/aromatic N) is 1. The van der Waals surface area contributed by atoms with Gasteiger partial charge in [-0.1, -0.05) is 11.6 Å². The van der Waals surface area contributed by atoms with Crippen LogP contribution in [0.3, 0.4) is 0 Å². The lowest BCUT2D eigenvalue weighted by Crippen LogP contribution is -2.61. The van der Waals surface area contributed by atoms with Crippen molar-refractivity contribution in [3.05, 3.63) is 45.7 Å². The number of H-pyrrole nitrogens is 1. The summed E-state index contributed by atoms with van der Waals surface area (Å²) in [6.07, 6.45) is 3.25. The highest BCUT2D eigenvalue weighted by Gasteiger charge is 2.44. The zero-order valence-corrected chi connectivity index (χ0v) is 14.8. The van der Waals surface area contributed by atoms with Gasteiger partial charge >= 0.3 is 0 Å². The third kappa shape index (κ3) is 3.12. The highest BCUT2D eigenvalue weighted by atomic mass is 16.3. The zero-order valence-electron chi connectivity index (χ0n) is 14.8. The molecule has 2 aromatic rings. The van der Waals surface area contributed by atoms with Crippen molar-refractivity contribution in [2.24, 2.45) is 5.41 Å². The van der Waals surface area contributed by atoms with E-state index in [1.54, 1.807) is 6.07 Å². The van der Waals surface area contributed by atoms with Gasteiger partial charge in [0.15, 0.2) is 5.43 Å². The van der Waals surface area contributed by atoms with E-state index >= 15 is 0 Å². The molecule has 5 heteroatoms. The van der Waals surface area contributed by atoms with Crippen LogP contribution in [-0.2, 0) is 6.54 Å². The summed E-state index contributed by atoms with van der Waals surface area (Å²) in [6, 6.07) is 8.11. The van der Waals surface area contributed by atoms with E-state index in [1.165, 1.54) is 0 Å². The first kappa shape index (κ1) is 16.8. The van der Waals surface area contributed by atoms with E-state index in [2.05, 4.69) is 15.2 Å². The lowest BCUT2D eigenvalue weighted by Gasteiger charge is -2.50. The van der Waals surface area contributed by atoms with Crippen LogP contribution < -0.4 is 10.7 Å². The Morgan fingerprint density at radius 1 is 1.36 bits per heavy atom. The van der Waals surface area contributed by atoms with Crippen LogP contribution in [0.2, 0.25) is 0 Å². The Hall–Kier alpha value is -1.69. The number of aromatic amines is 1. The average Bonchev–Trinajstić information content (AvgIpc) is 2.62. The van der Waals surface area contributed by atoms with Gasteiger partial charge in [0, 0.05) is 53.8 Å². The van der Waals surface area contributed by atoms with Gasteiger partial charge in [0.05, 0.1) is 6.61 Å². The van der Waals surface area contributed by atoms with Gasteiger partial charge in [0.25, 0.3) is 0 Å². The molecule has 2 aliphatic rings. The molecule has 0 saturated carbocycles. The summed E-state index contributed by atoms with van der Waals surface area (Å²) in [4.78, 5) is 18.3. The maximum absolute atomic E-state index is 12.5. The largest absolute Gasteiger partial charge is 0.396 e. The molecule has 3 heterocycles. The van der Waals surface area contributed by atoms with E-state index in [9.17, 15) is 9.90 Å². The van der Waals surface area contributed by atoms with Gasteiger partial charge in [-0.25, -0.2) is 0 Å². The number of hydrogen-bond acceptors (Lipinski definition) is 4. The first-order valence-corrected chi connectivity index (χ1v) is 9.29. The Kier molecular flexibility index (Phi) is 4.40. The van der Waals surface area contributed by atoms with Crippen molar-refractivity contribution in [2.75, 3.05) is 26.2 Å². The van der Waals surface area contributed by atoms with Gasteiger partial charge in [-0.2, -0.15) is 0 Å². The molecular weight excluding hydrogens is 314 g/mol. The van der Waals surface area contributed by atoms with Crippen molar-refractivity contribution in [3.8, 4) is 0 Å². The maximum Gasteiger partial charge on any atom is 0.189 e. The number of aryl methyl sites for hydroxylation is 1. The number of aliphatic hydroxyl groups excluding tert-OH is 1. The van der Waals surface area contributed by atoms with Gasteiger partial charge in [0.2, 0.25) is 0 Å². The Bertz CT molecular complexity index is 831. The number of likely N-dealkylation sites (tertiary alicyclic amines) is 1. The summed E-state index contributed by atoms with van der Waals surface area (Å²) in [5.41, 5.74) is 3.00. The molecule has 0 amide bonds. The molecule has 2 atom stereocenters. The molecule has 3 N–H and O–H groups in total. The molecule has 2 aliphatic heterocycles. The van der Waals surface area contributed by atoms with E-state index in [0.717, 1.165) is 67.6 Å². The van der Waals surface area contributed by atoms with Crippen molar-refractivity contribution >= 4 is 10.9 Å². The highest BCUT2D eigenvalue weighted by molar-refractivity contribution is 5.79. The standard InChI is InChI=1S/C20H27N3O2/c1-14-3-4-17-16(9-14)18(25)10-15(22-17)11-23-8-5-19-20(12-23,13-24)6-2-7-21-19/h3-4,9-10,19,21,24H,2,5-8,11-13H2,1H3,(H,22,25)/t19-,20-/m0/s1. The van der Waals surface area contributed by atoms with Crippen molar-refractivity contribution in [3.63, 3.8) is 0 Å². The van der Waals surface area contributed by atoms with Crippen LogP contribution in [0.25, 0.3) is 10.9 Å². The predicted molar refractivity (Wildman–Crippen MR) is 99.7 cm³/mol. The highest BCUT2D eigenvalue weighted by Crippen LogP contribution is 2.37. The third-order valence-electron chi connectivity index (χ3n) is 6.00. The predicted octanol–water partition coefficient (Wildman–Crippen LogP) is 1.77. The second-order valence-electron chi connectivity index (χ2n) is 7.84. The molecule has 25 heavy (non-hydrogen) atoms. The zero-order chi connectivity index (χ0) is 17.4. The minimum atomic E-state index is -0.0369. The fourth-order valence-corrected chi connectivity index (χ4v) is 4.66. The molecule has 134 valence electrons. The minimum Gasteiger partial charge on any atom is -0.396 e. The molecular formula is C20H27N3O2. The van der Waals surface area contributed by atoms with Crippen molar-refractivity contribution in [2.45, 2.75) is 38.8 Å². The summed E-state index contributed by atoms with van der Waals surface area (Å²) >= 11 is 0. The molecule has 5 nitrogen and oxygen atoms in total. The van der Waals surface area contributed by atoms with Crippen LogP contribution in [0.15, 0.2) is 29.1 Å². The van der Waals surface area contributed by atoms with Crippen LogP contribution in [0.5, 0.6) is 0 Å². The fraction of sp³-hybridized carbons (Fsp3) is 0.550. The number of rotatable bonds is 3. The Labute approximate surface area is 148 Å². The second-order valence-corrected chi connectivity index (χ2v) is 7.84. The quantitative estimate of drug-likeness (QED) is 0.796. The number of benzene rings is 1. The molecule has 0 aliphatic carbocycles. The van der Waals surface area contributed by atoms with Gasteiger partial charge in [-0.3, -0.25) is 9.69 Å². The molecule has 4 rings (SSSR count). The number of hydrogen-bond donors (Lipinski definition) is 3. The number of aliphatic hydroxyl groups is 1. The number of pyridine rings is 1. The van der Waals surface area contributed by atoms with E-state index in [-0.39, 0.29) is 17.5 Å². The van der Waals surface area contributed by atoms with Gasteiger partial charge in [-0.15, -0.1) is 0 Å². The minimum absolute atomic E-state index is 0.0369. The summed E-state index contributed by atoms with van der Waals surface area (Å²) < 4.78 is 0. The summed E-state index contributed by atoms with van der Waals surface area (Å²) in [6.45, 7) is 5.90. The summed E-state index contributed by atoms with van der Waals surface area (Å²) in [5, 5.41) is 14.4. The van der Waals surface area contributed by atoms with Crippen LogP contribution >= 0.6 is 0 Å². The van der Waals surface area contributed by atoms with Gasteiger partial charge < -0.3 is 15.4 Å². The Balaban J connectivity index is 1.57. The van der Waals surface area contributed by atoms with E-state index in [1.807, 2.05) is 25.1 Å². The van der Waals surface area contributed by atoms with Gasteiger partial charge in [-0.05, 0) is 44.9 Å². The van der Waals surface area contributed by atoms with E-state index in [4.69, 9.17) is 0 Å². The first-order chi connectivity index (χ1) is 12.1. The smallest absolute Gasteiger partial charge is 0.189 e. The molecule has 0 unspecified atom stereocenters. The molecule has 0 spiro atoms. The molecule has 1 aromatic heterocycles. The van der Waals surface area contributed by atoms with Crippen LogP contribution in [0, 0.1) is 12.3 Å². The SMILES string of the molecule is Cc1ccc2[nH]c(CN3CC[C@@H]4NCCC[C@@]4(CO)C3)cc(=O)c2c1. The average molecular weight is 341 g/mol. The van der Waals surface area contributed by atoms with Crippen molar-refractivity contribution in [1.82, 2.24) is 15.2 Å². The fourth-order valence-electron chi connectivity index (χ4n) is 4.66. The number of piperidine rings is 2. The molecule has 2 fully saturated rings. The lowest BCUT2D eigenvalue weighted by atomic mass is 9.71. The Morgan fingerprint density at radius 3 is 3.08 bits per heavy atom. The summed E-state index contributed by atoms with van der Waals surface area (Å²) in [5.74, 6) is 0. The van der Waals surface area contributed by atoms with E-state index in [0.29, 0.717) is 6.04 Å². The Morgan fingerprint density at radius 2 is 2.24 bits per heavy atom. The molecule has 2 saturated heterocycles. The molecule has 1 aromatic carbocycles. The van der Waals surface area contributed by atoms with Crippen molar-refractivity contribution < 1.29 is 5.11 Å². The van der Waals surface area contributed by atoms with Gasteiger partial charge in [0.1, 0.15) is 0 Å². The van der Waals surface area contributed by atoms with Crippen LogP contribution in [-0.4, -0.2) is 47.3 Å². The monoisotopic (exact) mass is 341 g/mol. The van der Waals surface area contributed by atoms with E-state index < -0.39 is 0 Å². The lowest BCUT2D eigenvalue weighted by molar-refractivity contribution is -0.0226. The first-order valence-electron chi connectivity index (χ1n) is 9.29. The third-order valence-corrected chi connectivity index (χ3v) is 6.00. The maximum atomic E-state index is 12.5. The summed E-state index contributed by atoms with van der Waals surface area (Å²) in [7, 11) is 0. The molecule has 0 bridgehead atoms. The topological polar surface area (TPSA) is 68.4 Å². The van der Waals surface area contributed by atoms with Crippen LogP contribution in [0.1, 0.15) is 30.5 Å². The normalized spacial score (nSPS) is 27.4. The number of nitrogens with one attached hydrogen (secondary N) is 2. The molecule has 0 radical (unpaired) electrons. The van der Waals surface area contributed by atoms with Crippen LogP contribution in [0.4, 0.5) is 0 Å². The second kappa shape index (κ2) is 6.56. The number of aromatic nitrogens is 1. The van der Waals surface area contributed by atoms with Crippen molar-refractivity contribution in [1.29, 1.82) is 0 Å².